The first-order valence-electron chi connectivity index (χ1n) is 6.40. The smallest absolute Gasteiger partial charge is 0.0645 e. The lowest BCUT2D eigenvalue weighted by Gasteiger charge is -2.42. The van der Waals surface area contributed by atoms with E-state index in [-0.39, 0.29) is 5.54 Å². The van der Waals surface area contributed by atoms with Crippen LogP contribution in [0.3, 0.4) is 0 Å². The Morgan fingerprint density at radius 3 is 3.00 bits per heavy atom. The number of hydrogen-bond donors (Lipinski definition) is 1. The van der Waals surface area contributed by atoms with Gasteiger partial charge in [-0.2, -0.15) is 0 Å². The van der Waals surface area contributed by atoms with E-state index in [1.807, 2.05) is 12.1 Å². The van der Waals surface area contributed by atoms with Gasteiger partial charge in [0.05, 0.1) is 13.2 Å². The molecule has 2 rings (SSSR count). The molecule has 1 aromatic carbocycles. The van der Waals surface area contributed by atoms with Gasteiger partial charge in [0.2, 0.25) is 0 Å². The second-order valence-corrected chi connectivity index (χ2v) is 6.20. The molecule has 0 atom stereocenters. The number of benzene rings is 1. The molecule has 0 aromatic heterocycles. The zero-order valence-electron chi connectivity index (χ0n) is 11.1. The van der Waals surface area contributed by atoms with Gasteiger partial charge in [-0.3, -0.25) is 4.90 Å². The van der Waals surface area contributed by atoms with E-state index in [2.05, 4.69) is 52.1 Å². The third-order valence-electron chi connectivity index (χ3n) is 3.35. The predicted octanol–water partition coefficient (Wildman–Crippen LogP) is 2.97. The van der Waals surface area contributed by atoms with Gasteiger partial charge in [-0.1, -0.05) is 22.0 Å². The van der Waals surface area contributed by atoms with Crippen LogP contribution in [0.5, 0.6) is 0 Å². The fourth-order valence-electron chi connectivity index (χ4n) is 2.24. The molecule has 18 heavy (non-hydrogen) atoms. The Morgan fingerprint density at radius 2 is 2.28 bits per heavy atom. The second-order valence-electron chi connectivity index (χ2n) is 5.29. The Bertz CT molecular complexity index is 395. The van der Waals surface area contributed by atoms with Crippen LogP contribution < -0.4 is 5.32 Å². The van der Waals surface area contributed by atoms with Crippen molar-refractivity contribution in [1.29, 1.82) is 0 Å². The number of rotatable bonds is 4. The maximum Gasteiger partial charge on any atom is 0.0645 e. The number of anilines is 1. The Kier molecular flexibility index (Phi) is 4.65. The topological polar surface area (TPSA) is 24.5 Å². The van der Waals surface area contributed by atoms with Crippen molar-refractivity contribution in [3.63, 3.8) is 0 Å². The molecule has 0 spiro atoms. The fourth-order valence-corrected chi connectivity index (χ4v) is 2.64. The summed E-state index contributed by atoms with van der Waals surface area (Å²) in [6, 6.07) is 8.28. The number of hydrogen-bond acceptors (Lipinski definition) is 3. The van der Waals surface area contributed by atoms with E-state index in [4.69, 9.17) is 4.74 Å². The van der Waals surface area contributed by atoms with E-state index >= 15 is 0 Å². The molecule has 3 nitrogen and oxygen atoms in total. The van der Waals surface area contributed by atoms with Crippen molar-refractivity contribution in [3.8, 4) is 0 Å². The minimum absolute atomic E-state index is 0.150. The number of halogens is 1. The van der Waals surface area contributed by atoms with Crippen molar-refractivity contribution >= 4 is 21.6 Å². The van der Waals surface area contributed by atoms with E-state index in [9.17, 15) is 0 Å². The van der Waals surface area contributed by atoms with Crippen molar-refractivity contribution in [2.75, 3.05) is 38.2 Å². The molecule has 1 saturated heterocycles. The normalized spacial score (nSPS) is 19.7. The largest absolute Gasteiger partial charge is 0.384 e. The summed E-state index contributed by atoms with van der Waals surface area (Å²) in [7, 11) is 0. The highest BCUT2D eigenvalue weighted by Gasteiger charge is 2.29. The van der Waals surface area contributed by atoms with Crippen molar-refractivity contribution < 1.29 is 4.74 Å². The minimum atomic E-state index is 0.150. The summed E-state index contributed by atoms with van der Waals surface area (Å²) in [6.45, 7) is 9.18. The summed E-state index contributed by atoms with van der Waals surface area (Å²) in [6.07, 6.45) is 0. The van der Waals surface area contributed by atoms with E-state index in [0.717, 1.165) is 43.0 Å². The fraction of sp³-hybridized carbons (Fsp3) is 0.571. The lowest BCUT2D eigenvalue weighted by molar-refractivity contribution is -0.0487. The van der Waals surface area contributed by atoms with Crippen LogP contribution in [0, 0.1) is 0 Å². The molecule has 1 aromatic rings. The average molecular weight is 313 g/mol. The number of nitrogens with zero attached hydrogens (tertiary/aromatic N) is 1. The van der Waals surface area contributed by atoms with Gasteiger partial charge >= 0.3 is 0 Å². The van der Waals surface area contributed by atoms with Crippen molar-refractivity contribution in [3.05, 3.63) is 28.7 Å². The molecule has 1 aliphatic rings. The molecule has 0 aliphatic carbocycles. The summed E-state index contributed by atoms with van der Waals surface area (Å²) in [5.74, 6) is 0. The third kappa shape index (κ3) is 3.70. The van der Waals surface area contributed by atoms with Crippen LogP contribution in [0.1, 0.15) is 13.8 Å². The number of ether oxygens (including phenoxy) is 1. The van der Waals surface area contributed by atoms with E-state index < -0.39 is 0 Å². The molecular weight excluding hydrogens is 292 g/mol. The van der Waals surface area contributed by atoms with Gasteiger partial charge in [0.15, 0.2) is 0 Å². The maximum atomic E-state index is 5.53. The summed E-state index contributed by atoms with van der Waals surface area (Å²) >= 11 is 3.48. The predicted molar refractivity (Wildman–Crippen MR) is 79.1 cm³/mol. The first-order valence-corrected chi connectivity index (χ1v) is 7.19. The van der Waals surface area contributed by atoms with Crippen LogP contribution in [0.15, 0.2) is 28.7 Å². The van der Waals surface area contributed by atoms with Gasteiger partial charge in [-0.05, 0) is 32.0 Å². The summed E-state index contributed by atoms with van der Waals surface area (Å²) in [4.78, 5) is 2.49. The lowest BCUT2D eigenvalue weighted by Crippen LogP contribution is -2.54. The van der Waals surface area contributed by atoms with Crippen molar-refractivity contribution in [1.82, 2.24) is 4.90 Å². The highest BCUT2D eigenvalue weighted by Crippen LogP contribution is 2.19. The van der Waals surface area contributed by atoms with Crippen molar-refractivity contribution in [2.45, 2.75) is 19.4 Å². The van der Waals surface area contributed by atoms with Gasteiger partial charge in [0, 0.05) is 35.3 Å². The molecule has 0 unspecified atom stereocenters. The van der Waals surface area contributed by atoms with Gasteiger partial charge in [0.1, 0.15) is 0 Å². The van der Waals surface area contributed by atoms with E-state index in [0.29, 0.717) is 0 Å². The zero-order chi connectivity index (χ0) is 13.0. The first kappa shape index (κ1) is 13.8. The molecule has 1 heterocycles. The number of morpholine rings is 1. The summed E-state index contributed by atoms with van der Waals surface area (Å²) in [5, 5.41) is 3.46. The van der Waals surface area contributed by atoms with Gasteiger partial charge < -0.3 is 10.1 Å². The van der Waals surface area contributed by atoms with Crippen LogP contribution >= 0.6 is 15.9 Å². The highest BCUT2D eigenvalue weighted by atomic mass is 79.9. The summed E-state index contributed by atoms with van der Waals surface area (Å²) < 4.78 is 6.64. The molecular formula is C14H21BrN2O. The maximum absolute atomic E-state index is 5.53. The van der Waals surface area contributed by atoms with Gasteiger partial charge in [-0.25, -0.2) is 0 Å². The monoisotopic (exact) mass is 312 g/mol. The molecule has 4 heteroatoms. The molecule has 1 N–H and O–H groups in total. The average Bonchev–Trinajstić information content (AvgIpc) is 2.31. The minimum Gasteiger partial charge on any atom is -0.384 e. The van der Waals surface area contributed by atoms with Crippen LogP contribution in [0.2, 0.25) is 0 Å². The quantitative estimate of drug-likeness (QED) is 0.925. The van der Waals surface area contributed by atoms with E-state index in [1.165, 1.54) is 0 Å². The second kappa shape index (κ2) is 6.04. The Morgan fingerprint density at radius 1 is 1.44 bits per heavy atom. The van der Waals surface area contributed by atoms with Crippen LogP contribution in [0.4, 0.5) is 5.69 Å². The standard InChI is InChI=1S/C14H21BrN2O/c1-14(2)11-18-9-8-17(14)7-6-16-13-5-3-4-12(15)10-13/h3-5,10,16H,6-9,11H2,1-2H3. The van der Waals surface area contributed by atoms with Crippen molar-refractivity contribution in [2.24, 2.45) is 0 Å². The molecule has 0 amide bonds. The van der Waals surface area contributed by atoms with Gasteiger partial charge in [-0.15, -0.1) is 0 Å². The SMILES string of the molecule is CC1(C)COCCN1CCNc1cccc(Br)c1. The molecule has 0 saturated carbocycles. The van der Waals surface area contributed by atoms with Crippen LogP contribution in [-0.4, -0.2) is 43.3 Å². The molecule has 100 valence electrons. The summed E-state index contributed by atoms with van der Waals surface area (Å²) in [5.41, 5.74) is 1.31. The van der Waals surface area contributed by atoms with E-state index in [1.54, 1.807) is 0 Å². The Balaban J connectivity index is 1.81. The number of nitrogens with one attached hydrogen (secondary N) is 1. The van der Waals surface area contributed by atoms with Crippen LogP contribution in [0.25, 0.3) is 0 Å². The third-order valence-corrected chi connectivity index (χ3v) is 3.85. The Hall–Kier alpha value is -0.580. The Labute approximate surface area is 118 Å². The molecule has 0 bridgehead atoms. The zero-order valence-corrected chi connectivity index (χ0v) is 12.7. The highest BCUT2D eigenvalue weighted by molar-refractivity contribution is 9.10. The van der Waals surface area contributed by atoms with Crippen LogP contribution in [-0.2, 0) is 4.74 Å². The molecule has 1 fully saturated rings. The first-order chi connectivity index (χ1) is 8.58. The van der Waals surface area contributed by atoms with Gasteiger partial charge in [0.25, 0.3) is 0 Å². The molecule has 1 aliphatic heterocycles. The lowest BCUT2D eigenvalue weighted by atomic mass is 10.0. The molecule has 0 radical (unpaired) electrons.